The molecule has 2 heterocycles. The summed E-state index contributed by atoms with van der Waals surface area (Å²) in [5.41, 5.74) is 5.57. The van der Waals surface area contributed by atoms with Crippen LogP contribution in [0.1, 0.15) is 22.4 Å². The molecule has 3 aromatic rings. The van der Waals surface area contributed by atoms with Gasteiger partial charge >= 0.3 is 0 Å². The van der Waals surface area contributed by atoms with Crippen molar-refractivity contribution in [1.29, 1.82) is 0 Å². The van der Waals surface area contributed by atoms with Gasteiger partial charge in [-0.1, -0.05) is 35.9 Å². The van der Waals surface area contributed by atoms with E-state index in [-0.39, 0.29) is 0 Å². The summed E-state index contributed by atoms with van der Waals surface area (Å²) in [5, 5.41) is 9.15. The van der Waals surface area contributed by atoms with Crippen molar-refractivity contribution in [3.8, 4) is 11.4 Å². The highest BCUT2D eigenvalue weighted by Crippen LogP contribution is 2.33. The third kappa shape index (κ3) is 2.76. The molecule has 25 heavy (non-hydrogen) atoms. The largest absolute Gasteiger partial charge is 0.496 e. The third-order valence-corrected chi connectivity index (χ3v) is 5.16. The Bertz CT molecular complexity index is 933. The Labute approximate surface area is 152 Å². The minimum Gasteiger partial charge on any atom is -0.496 e. The molecule has 0 bridgehead atoms. The molecule has 0 saturated heterocycles. The quantitative estimate of drug-likeness (QED) is 0.755. The standard InChI is InChI=1S/C20H20ClN3O/c1-13-16(21)7-5-8-18(13)24-20-15(10-11-22-20)17(23-24)12-14-6-3-4-9-19(14)25-2/h3-9,22H,10-12H2,1-2H3. The molecule has 1 aromatic heterocycles. The smallest absolute Gasteiger partial charge is 0.133 e. The molecule has 2 aromatic carbocycles. The summed E-state index contributed by atoms with van der Waals surface area (Å²) in [6.07, 6.45) is 1.74. The highest BCUT2D eigenvalue weighted by Gasteiger charge is 2.24. The van der Waals surface area contributed by atoms with E-state index in [1.807, 2.05) is 41.9 Å². The summed E-state index contributed by atoms with van der Waals surface area (Å²) in [6, 6.07) is 14.0. The Hall–Kier alpha value is -2.46. The fourth-order valence-electron chi connectivity index (χ4n) is 3.42. The van der Waals surface area contributed by atoms with Crippen LogP contribution in [0, 0.1) is 6.92 Å². The monoisotopic (exact) mass is 353 g/mol. The average molecular weight is 354 g/mol. The zero-order valence-corrected chi connectivity index (χ0v) is 15.1. The van der Waals surface area contributed by atoms with Crippen molar-refractivity contribution in [2.24, 2.45) is 0 Å². The highest BCUT2D eigenvalue weighted by atomic mass is 35.5. The maximum Gasteiger partial charge on any atom is 0.133 e. The molecular formula is C20H20ClN3O. The average Bonchev–Trinajstić information content (AvgIpc) is 3.22. The fraction of sp³-hybridized carbons (Fsp3) is 0.250. The van der Waals surface area contributed by atoms with Gasteiger partial charge in [0.05, 0.1) is 18.5 Å². The number of anilines is 1. The number of methoxy groups -OCH3 is 1. The lowest BCUT2D eigenvalue weighted by Gasteiger charge is -2.10. The van der Waals surface area contributed by atoms with Gasteiger partial charge < -0.3 is 10.1 Å². The number of nitrogens with zero attached hydrogens (tertiary/aromatic N) is 2. The van der Waals surface area contributed by atoms with E-state index in [0.29, 0.717) is 0 Å². The zero-order valence-electron chi connectivity index (χ0n) is 14.3. The molecule has 128 valence electrons. The Morgan fingerprint density at radius 2 is 2.04 bits per heavy atom. The summed E-state index contributed by atoms with van der Waals surface area (Å²) in [5.74, 6) is 1.98. The van der Waals surface area contributed by atoms with Crippen LogP contribution in [0.2, 0.25) is 5.02 Å². The Kier molecular flexibility index (Phi) is 4.14. The number of halogens is 1. The number of nitrogens with one attached hydrogen (secondary N) is 1. The van der Waals surface area contributed by atoms with Gasteiger partial charge in [0.25, 0.3) is 0 Å². The fourth-order valence-corrected chi connectivity index (χ4v) is 3.59. The molecule has 1 aliphatic heterocycles. The van der Waals surface area contributed by atoms with Gasteiger partial charge in [0.15, 0.2) is 0 Å². The van der Waals surface area contributed by atoms with E-state index in [4.69, 9.17) is 21.4 Å². The molecule has 0 unspecified atom stereocenters. The lowest BCUT2D eigenvalue weighted by Crippen LogP contribution is -2.06. The van der Waals surface area contributed by atoms with Gasteiger partial charge in [-0.05, 0) is 37.1 Å². The van der Waals surface area contributed by atoms with Gasteiger partial charge in [-0.25, -0.2) is 4.68 Å². The van der Waals surface area contributed by atoms with E-state index in [2.05, 4.69) is 17.4 Å². The van der Waals surface area contributed by atoms with Crippen LogP contribution in [-0.2, 0) is 12.8 Å². The Morgan fingerprint density at radius 1 is 1.20 bits per heavy atom. The molecule has 4 rings (SSSR count). The normalized spacial score (nSPS) is 12.8. The van der Waals surface area contributed by atoms with Gasteiger partial charge in [0.2, 0.25) is 0 Å². The molecule has 1 N–H and O–H groups in total. The molecule has 0 saturated carbocycles. The number of benzene rings is 2. The lowest BCUT2D eigenvalue weighted by atomic mass is 10.0. The highest BCUT2D eigenvalue weighted by molar-refractivity contribution is 6.31. The van der Waals surface area contributed by atoms with E-state index < -0.39 is 0 Å². The van der Waals surface area contributed by atoms with Crippen LogP contribution < -0.4 is 10.1 Å². The van der Waals surface area contributed by atoms with Gasteiger partial charge in [-0.15, -0.1) is 0 Å². The number of aromatic nitrogens is 2. The maximum absolute atomic E-state index is 6.31. The molecule has 5 heteroatoms. The van der Waals surface area contributed by atoms with Gasteiger partial charge in [0.1, 0.15) is 11.6 Å². The Morgan fingerprint density at radius 3 is 2.88 bits per heavy atom. The summed E-state index contributed by atoms with van der Waals surface area (Å²) in [4.78, 5) is 0. The molecule has 0 amide bonds. The van der Waals surface area contributed by atoms with Crippen LogP contribution in [0.3, 0.4) is 0 Å². The number of hydrogen-bond donors (Lipinski definition) is 1. The first-order valence-electron chi connectivity index (χ1n) is 8.41. The molecular weight excluding hydrogens is 334 g/mol. The second kappa shape index (κ2) is 6.45. The number of ether oxygens (including phenoxy) is 1. The van der Waals surface area contributed by atoms with Crippen LogP contribution in [-0.4, -0.2) is 23.4 Å². The van der Waals surface area contributed by atoms with Crippen molar-refractivity contribution in [3.05, 3.63) is 69.9 Å². The molecule has 0 atom stereocenters. The maximum atomic E-state index is 6.31. The van der Waals surface area contributed by atoms with E-state index in [1.54, 1.807) is 7.11 Å². The second-order valence-electron chi connectivity index (χ2n) is 6.24. The second-order valence-corrected chi connectivity index (χ2v) is 6.64. The molecule has 4 nitrogen and oxygen atoms in total. The van der Waals surface area contributed by atoms with E-state index in [9.17, 15) is 0 Å². The van der Waals surface area contributed by atoms with E-state index in [0.717, 1.165) is 58.5 Å². The topological polar surface area (TPSA) is 39.1 Å². The summed E-state index contributed by atoms with van der Waals surface area (Å²) in [6.45, 7) is 2.96. The lowest BCUT2D eigenvalue weighted by molar-refractivity contribution is 0.410. The predicted molar refractivity (Wildman–Crippen MR) is 101 cm³/mol. The summed E-state index contributed by atoms with van der Waals surface area (Å²) >= 11 is 6.31. The molecule has 0 fully saturated rings. The van der Waals surface area contributed by atoms with Gasteiger partial charge in [0, 0.05) is 29.1 Å². The Balaban J connectivity index is 1.80. The minimum atomic E-state index is 0.751. The van der Waals surface area contributed by atoms with Crippen LogP contribution in [0.25, 0.3) is 5.69 Å². The number of fused-ring (bicyclic) bond motifs is 1. The number of para-hydroxylation sites is 1. The van der Waals surface area contributed by atoms with Crippen molar-refractivity contribution >= 4 is 17.4 Å². The summed E-state index contributed by atoms with van der Waals surface area (Å²) < 4.78 is 7.49. The van der Waals surface area contributed by atoms with Crippen LogP contribution in [0.4, 0.5) is 5.82 Å². The molecule has 0 aliphatic carbocycles. The predicted octanol–water partition coefficient (Wildman–Crippen LogP) is 4.40. The first kappa shape index (κ1) is 16.0. The molecule has 0 radical (unpaired) electrons. The minimum absolute atomic E-state index is 0.751. The van der Waals surface area contributed by atoms with Crippen molar-refractivity contribution < 1.29 is 4.74 Å². The summed E-state index contributed by atoms with van der Waals surface area (Å²) in [7, 11) is 1.71. The number of hydrogen-bond acceptors (Lipinski definition) is 3. The van der Waals surface area contributed by atoms with Crippen LogP contribution >= 0.6 is 11.6 Å². The SMILES string of the molecule is COc1ccccc1Cc1nn(-c2cccc(Cl)c2C)c2c1CCN2. The zero-order chi connectivity index (χ0) is 17.4. The van der Waals surface area contributed by atoms with Crippen LogP contribution in [0.15, 0.2) is 42.5 Å². The van der Waals surface area contributed by atoms with Crippen molar-refractivity contribution in [1.82, 2.24) is 9.78 Å². The molecule has 1 aliphatic rings. The van der Waals surface area contributed by atoms with E-state index in [1.165, 1.54) is 5.56 Å². The van der Waals surface area contributed by atoms with Crippen molar-refractivity contribution in [3.63, 3.8) is 0 Å². The van der Waals surface area contributed by atoms with Gasteiger partial charge in [-0.3, -0.25) is 0 Å². The molecule has 0 spiro atoms. The van der Waals surface area contributed by atoms with Crippen molar-refractivity contribution in [2.75, 3.05) is 19.0 Å². The first-order valence-corrected chi connectivity index (χ1v) is 8.79. The third-order valence-electron chi connectivity index (χ3n) is 4.75. The van der Waals surface area contributed by atoms with Crippen LogP contribution in [0.5, 0.6) is 5.75 Å². The first-order chi connectivity index (χ1) is 12.2. The van der Waals surface area contributed by atoms with Gasteiger partial charge in [-0.2, -0.15) is 5.10 Å². The van der Waals surface area contributed by atoms with Crippen molar-refractivity contribution in [2.45, 2.75) is 19.8 Å². The number of rotatable bonds is 4. The van der Waals surface area contributed by atoms with E-state index >= 15 is 0 Å².